The van der Waals surface area contributed by atoms with Gasteiger partial charge in [-0.1, -0.05) is 11.8 Å². The molecular weight excluding hydrogens is 190 g/mol. The van der Waals surface area contributed by atoms with E-state index in [0.717, 1.165) is 16.7 Å². The third kappa shape index (κ3) is 2.44. The Morgan fingerprint density at radius 3 is 2.85 bits per heavy atom. The van der Waals surface area contributed by atoms with Crippen LogP contribution in [0.3, 0.4) is 0 Å². The topological polar surface area (TPSA) is 64.4 Å². The van der Waals surface area contributed by atoms with Crippen molar-refractivity contribution in [3.63, 3.8) is 0 Å². The second kappa shape index (κ2) is 4.25. The molecule has 1 aliphatic rings. The molecule has 70 valence electrons. The van der Waals surface area contributed by atoms with Gasteiger partial charge < -0.3 is 0 Å². The largest absolute Gasteiger partial charge is 0.289 e. The van der Waals surface area contributed by atoms with E-state index >= 15 is 0 Å². The Kier molecular flexibility index (Phi) is 3.28. The van der Waals surface area contributed by atoms with Crippen LogP contribution in [0.5, 0.6) is 0 Å². The summed E-state index contributed by atoms with van der Waals surface area (Å²) in [6.45, 7) is 0.417. The number of carbonyl (C=O) groups is 2. The standard InChI is InChI=1S/C7H9N3O2S/c1-9(3-2-8)5-10-6(11)4-13-7(10)12/h3-5H2,1H3. The van der Waals surface area contributed by atoms with Crippen LogP contribution in [0.1, 0.15) is 0 Å². The Morgan fingerprint density at radius 2 is 2.38 bits per heavy atom. The summed E-state index contributed by atoms with van der Waals surface area (Å²) in [5, 5.41) is 8.13. The van der Waals surface area contributed by atoms with Gasteiger partial charge in [0.05, 0.1) is 25.0 Å². The molecule has 1 fully saturated rings. The Labute approximate surface area is 80.3 Å². The number of amides is 2. The monoisotopic (exact) mass is 199 g/mol. The summed E-state index contributed by atoms with van der Waals surface area (Å²) in [7, 11) is 1.69. The maximum absolute atomic E-state index is 11.1. The molecule has 0 unspecified atom stereocenters. The van der Waals surface area contributed by atoms with Gasteiger partial charge in [-0.2, -0.15) is 5.26 Å². The first-order valence-electron chi connectivity index (χ1n) is 3.67. The first kappa shape index (κ1) is 10.0. The molecule has 0 saturated carbocycles. The lowest BCUT2D eigenvalue weighted by atomic mass is 10.5. The number of hydrogen-bond acceptors (Lipinski definition) is 5. The average Bonchev–Trinajstić information content (AvgIpc) is 2.36. The van der Waals surface area contributed by atoms with Crippen LogP contribution in [-0.4, -0.2) is 47.0 Å². The molecule has 1 saturated heterocycles. The zero-order chi connectivity index (χ0) is 9.84. The van der Waals surface area contributed by atoms with E-state index in [9.17, 15) is 9.59 Å². The molecule has 0 atom stereocenters. The van der Waals surface area contributed by atoms with Crippen LogP contribution in [0.2, 0.25) is 0 Å². The van der Waals surface area contributed by atoms with Gasteiger partial charge in [0.15, 0.2) is 0 Å². The van der Waals surface area contributed by atoms with Crippen LogP contribution in [0.4, 0.5) is 4.79 Å². The Bertz CT molecular complexity index is 257. The number of nitriles is 1. The van der Waals surface area contributed by atoms with Gasteiger partial charge in [-0.05, 0) is 7.05 Å². The van der Waals surface area contributed by atoms with Crippen LogP contribution in [0.25, 0.3) is 0 Å². The van der Waals surface area contributed by atoms with E-state index < -0.39 is 0 Å². The van der Waals surface area contributed by atoms with Crippen LogP contribution in [-0.2, 0) is 4.79 Å². The highest BCUT2D eigenvalue weighted by Crippen LogP contribution is 2.18. The summed E-state index contributed by atoms with van der Waals surface area (Å²) in [6.07, 6.45) is 0. The predicted octanol–water partition coefficient (Wildman–Crippen LogP) is 0.0947. The van der Waals surface area contributed by atoms with E-state index in [2.05, 4.69) is 0 Å². The minimum Gasteiger partial charge on any atom is -0.275 e. The van der Waals surface area contributed by atoms with Gasteiger partial charge >= 0.3 is 0 Å². The van der Waals surface area contributed by atoms with E-state index in [1.54, 1.807) is 11.9 Å². The first-order chi connectivity index (χ1) is 6.15. The van der Waals surface area contributed by atoms with Crippen molar-refractivity contribution in [2.45, 2.75) is 0 Å². The molecule has 0 aromatic heterocycles. The van der Waals surface area contributed by atoms with Crippen LogP contribution >= 0.6 is 11.8 Å². The molecule has 2 amide bonds. The minimum atomic E-state index is -0.227. The molecule has 6 heteroatoms. The van der Waals surface area contributed by atoms with E-state index in [0.29, 0.717) is 0 Å². The molecule has 0 bridgehead atoms. The molecule has 1 heterocycles. The lowest BCUT2D eigenvalue weighted by molar-refractivity contribution is -0.125. The summed E-state index contributed by atoms with van der Waals surface area (Å²) in [4.78, 5) is 24.9. The highest BCUT2D eigenvalue weighted by Gasteiger charge is 2.30. The second-order valence-electron chi connectivity index (χ2n) is 2.69. The maximum atomic E-state index is 11.1. The van der Waals surface area contributed by atoms with Crippen LogP contribution < -0.4 is 0 Å². The van der Waals surface area contributed by atoms with Gasteiger partial charge in [0, 0.05) is 0 Å². The van der Waals surface area contributed by atoms with Crippen molar-refractivity contribution >= 4 is 22.9 Å². The fraction of sp³-hybridized carbons (Fsp3) is 0.571. The number of imide groups is 1. The lowest BCUT2D eigenvalue weighted by Crippen LogP contribution is -2.38. The summed E-state index contributed by atoms with van der Waals surface area (Å²) in [5.41, 5.74) is 0. The number of carbonyl (C=O) groups excluding carboxylic acids is 2. The van der Waals surface area contributed by atoms with Crippen molar-refractivity contribution in [1.82, 2.24) is 9.80 Å². The van der Waals surface area contributed by atoms with Crippen molar-refractivity contribution in [2.24, 2.45) is 0 Å². The van der Waals surface area contributed by atoms with Gasteiger partial charge in [-0.15, -0.1) is 0 Å². The zero-order valence-electron chi connectivity index (χ0n) is 7.19. The number of nitrogens with zero attached hydrogens (tertiary/aromatic N) is 3. The highest BCUT2D eigenvalue weighted by molar-refractivity contribution is 8.14. The Balaban J connectivity index is 2.48. The van der Waals surface area contributed by atoms with E-state index in [4.69, 9.17) is 5.26 Å². The summed E-state index contributed by atoms with van der Waals surface area (Å²) < 4.78 is 0. The van der Waals surface area contributed by atoms with Gasteiger partial charge in [0.2, 0.25) is 5.91 Å². The first-order valence-corrected chi connectivity index (χ1v) is 4.66. The van der Waals surface area contributed by atoms with Gasteiger partial charge in [-0.25, -0.2) is 0 Å². The van der Waals surface area contributed by atoms with Crippen molar-refractivity contribution in [3.05, 3.63) is 0 Å². The molecule has 0 aromatic rings. The minimum absolute atomic E-state index is 0.181. The molecule has 1 aliphatic heterocycles. The fourth-order valence-electron chi connectivity index (χ4n) is 0.930. The highest BCUT2D eigenvalue weighted by atomic mass is 32.2. The number of hydrogen-bond donors (Lipinski definition) is 0. The van der Waals surface area contributed by atoms with E-state index in [-0.39, 0.29) is 30.1 Å². The van der Waals surface area contributed by atoms with Crippen molar-refractivity contribution in [2.75, 3.05) is 26.0 Å². The molecular formula is C7H9N3O2S. The molecule has 13 heavy (non-hydrogen) atoms. The van der Waals surface area contributed by atoms with Gasteiger partial charge in [-0.3, -0.25) is 19.4 Å². The Hall–Kier alpha value is -1.06. The van der Waals surface area contributed by atoms with Crippen LogP contribution in [0.15, 0.2) is 0 Å². The molecule has 0 N–H and O–H groups in total. The molecule has 1 rings (SSSR count). The Morgan fingerprint density at radius 1 is 1.69 bits per heavy atom. The van der Waals surface area contributed by atoms with Crippen molar-refractivity contribution < 1.29 is 9.59 Å². The van der Waals surface area contributed by atoms with E-state index in [1.807, 2.05) is 6.07 Å². The van der Waals surface area contributed by atoms with E-state index in [1.165, 1.54) is 0 Å². The molecule has 0 radical (unpaired) electrons. The predicted molar refractivity (Wildman–Crippen MR) is 47.8 cm³/mol. The van der Waals surface area contributed by atoms with Crippen molar-refractivity contribution in [1.29, 1.82) is 5.26 Å². The maximum Gasteiger partial charge on any atom is 0.289 e. The third-order valence-electron chi connectivity index (χ3n) is 1.56. The normalized spacial score (nSPS) is 16.8. The number of rotatable bonds is 3. The average molecular weight is 199 g/mol. The fourth-order valence-corrected chi connectivity index (χ4v) is 1.65. The molecule has 0 aromatic carbocycles. The SMILES string of the molecule is CN(CC#N)CN1C(=O)CSC1=O. The van der Waals surface area contributed by atoms with Gasteiger partial charge in [0.25, 0.3) is 5.24 Å². The summed E-state index contributed by atoms with van der Waals surface area (Å²) in [5.74, 6) is 0.0407. The molecule has 5 nitrogen and oxygen atoms in total. The quantitative estimate of drug-likeness (QED) is 0.603. The third-order valence-corrected chi connectivity index (χ3v) is 2.42. The summed E-state index contributed by atoms with van der Waals surface area (Å²) in [6, 6.07) is 1.94. The second-order valence-corrected chi connectivity index (χ2v) is 3.62. The van der Waals surface area contributed by atoms with Crippen LogP contribution in [0, 0.1) is 11.3 Å². The lowest BCUT2D eigenvalue weighted by Gasteiger charge is -2.19. The van der Waals surface area contributed by atoms with Crippen molar-refractivity contribution in [3.8, 4) is 6.07 Å². The summed E-state index contributed by atoms with van der Waals surface area (Å²) >= 11 is 1.00. The number of thioether (sulfide) groups is 1. The molecule has 0 aliphatic carbocycles. The smallest absolute Gasteiger partial charge is 0.275 e. The zero-order valence-corrected chi connectivity index (χ0v) is 8.00. The van der Waals surface area contributed by atoms with Gasteiger partial charge in [0.1, 0.15) is 0 Å². The molecule has 0 spiro atoms.